The molecule has 0 unspecified atom stereocenters. The number of ether oxygens (including phenoxy) is 1. The van der Waals surface area contributed by atoms with Gasteiger partial charge in [0.05, 0.1) is 12.2 Å². The molecule has 3 atom stereocenters. The number of esters is 1. The third kappa shape index (κ3) is 9.62. The van der Waals surface area contributed by atoms with E-state index in [0.717, 1.165) is 49.2 Å². The summed E-state index contributed by atoms with van der Waals surface area (Å²) < 4.78 is 5.59. The summed E-state index contributed by atoms with van der Waals surface area (Å²) >= 11 is 1.70. The summed E-state index contributed by atoms with van der Waals surface area (Å²) in [6.07, 6.45) is 12.9. The molecule has 1 rings (SSSR count). The average Bonchev–Trinajstić information content (AvgIpc) is 2.94. The molecule has 0 radical (unpaired) electrons. The average molecular weight is 413 g/mol. The van der Waals surface area contributed by atoms with Gasteiger partial charge in [0, 0.05) is 23.7 Å². The van der Waals surface area contributed by atoms with Crippen LogP contribution in [0.1, 0.15) is 91.4 Å². The minimum absolute atomic E-state index is 0.193. The summed E-state index contributed by atoms with van der Waals surface area (Å²) in [5, 5.41) is 20.7. The Kier molecular flexibility index (Phi) is 13.6. The second kappa shape index (κ2) is 15.1. The number of thioether (sulfide) groups is 1. The molecule has 0 aromatic rings. The maximum absolute atomic E-state index is 12.0. The zero-order valence-corrected chi connectivity index (χ0v) is 18.8. The summed E-state index contributed by atoms with van der Waals surface area (Å²) in [5.74, 6) is 1.17. The second-order valence-corrected chi connectivity index (χ2v) is 8.80. The highest BCUT2D eigenvalue weighted by molar-refractivity contribution is 8.03. The van der Waals surface area contributed by atoms with E-state index in [1.54, 1.807) is 17.8 Å². The monoisotopic (exact) mass is 412 g/mol. The van der Waals surface area contributed by atoms with Crippen molar-refractivity contribution in [2.24, 2.45) is 5.92 Å². The van der Waals surface area contributed by atoms with Gasteiger partial charge in [-0.15, -0.1) is 11.8 Å². The number of hydrogen-bond acceptors (Lipinski definition) is 5. The molecule has 1 aliphatic rings. The lowest BCUT2D eigenvalue weighted by Gasteiger charge is -2.15. The first-order chi connectivity index (χ1) is 13.5. The number of unbranched alkanes of at least 4 members (excludes halogenated alkanes) is 5. The summed E-state index contributed by atoms with van der Waals surface area (Å²) in [6, 6.07) is 0. The second-order valence-electron chi connectivity index (χ2n) is 7.67. The molecule has 2 N–H and O–H groups in total. The predicted octanol–water partition coefficient (Wildman–Crippen LogP) is 5.73. The highest BCUT2D eigenvalue weighted by Crippen LogP contribution is 2.41. The number of aliphatic hydroxyl groups excluding tert-OH is 2. The number of hydrogen-bond donors (Lipinski definition) is 2. The lowest BCUT2D eigenvalue weighted by molar-refractivity contribution is -0.139. The van der Waals surface area contributed by atoms with Gasteiger partial charge in [0.15, 0.2) is 0 Å². The molecule has 0 saturated heterocycles. The Morgan fingerprint density at radius 3 is 2.54 bits per heavy atom. The molecule has 4 nitrogen and oxygen atoms in total. The van der Waals surface area contributed by atoms with E-state index in [1.807, 2.05) is 13.0 Å². The van der Waals surface area contributed by atoms with Gasteiger partial charge in [-0.25, -0.2) is 0 Å². The molecule has 0 heterocycles. The smallest absolute Gasteiger partial charge is 0.310 e. The van der Waals surface area contributed by atoms with Crippen LogP contribution in [0.25, 0.3) is 0 Å². The van der Waals surface area contributed by atoms with Crippen molar-refractivity contribution in [3.63, 3.8) is 0 Å². The van der Waals surface area contributed by atoms with Crippen LogP contribution in [-0.4, -0.2) is 34.1 Å². The minimum Gasteiger partial charge on any atom is -0.430 e. The first-order valence-electron chi connectivity index (χ1n) is 11.1. The Bertz CT molecular complexity index is 501. The maximum Gasteiger partial charge on any atom is 0.310 e. The van der Waals surface area contributed by atoms with Crippen molar-refractivity contribution in [2.45, 2.75) is 104 Å². The van der Waals surface area contributed by atoms with Gasteiger partial charge in [-0.05, 0) is 25.0 Å². The van der Waals surface area contributed by atoms with E-state index in [4.69, 9.17) is 4.74 Å². The normalized spacial score (nSPS) is 20.9. The van der Waals surface area contributed by atoms with Crippen LogP contribution in [0.3, 0.4) is 0 Å². The highest BCUT2D eigenvalue weighted by Gasteiger charge is 2.34. The summed E-state index contributed by atoms with van der Waals surface area (Å²) in [6.45, 7) is 6.29. The molecule has 5 heteroatoms. The first-order valence-corrected chi connectivity index (χ1v) is 12.1. The lowest BCUT2D eigenvalue weighted by Crippen LogP contribution is -2.14. The zero-order chi connectivity index (χ0) is 20.8. The molecule has 0 aromatic carbocycles. The van der Waals surface area contributed by atoms with E-state index in [2.05, 4.69) is 13.8 Å². The number of rotatable bonds is 15. The van der Waals surface area contributed by atoms with Crippen molar-refractivity contribution in [3.05, 3.63) is 22.8 Å². The zero-order valence-electron chi connectivity index (χ0n) is 18.0. The van der Waals surface area contributed by atoms with Crippen molar-refractivity contribution in [2.75, 3.05) is 5.75 Å². The van der Waals surface area contributed by atoms with Crippen LogP contribution in [0, 0.1) is 5.92 Å². The van der Waals surface area contributed by atoms with Gasteiger partial charge in [0.1, 0.15) is 5.76 Å². The molecule has 0 spiro atoms. The summed E-state index contributed by atoms with van der Waals surface area (Å²) in [5.41, 5.74) is 0. The molecular formula is C23H40O4S. The molecule has 162 valence electrons. The van der Waals surface area contributed by atoms with E-state index in [1.165, 1.54) is 19.3 Å². The third-order valence-corrected chi connectivity index (χ3v) is 6.28. The summed E-state index contributed by atoms with van der Waals surface area (Å²) in [7, 11) is 0. The minimum atomic E-state index is -0.596. The van der Waals surface area contributed by atoms with E-state index < -0.39 is 12.2 Å². The van der Waals surface area contributed by atoms with Gasteiger partial charge in [-0.3, -0.25) is 4.79 Å². The van der Waals surface area contributed by atoms with Crippen LogP contribution in [0.5, 0.6) is 0 Å². The molecule has 0 aliphatic heterocycles. The Hall–Kier alpha value is -0.780. The SMILES string of the molecule is CCCCCCSC1=C(OC(=O)CCC)C[C@@H](O)[C@@H]1/C=C/[C@@H](O)CCCCC. The molecule has 0 amide bonds. The van der Waals surface area contributed by atoms with Gasteiger partial charge in [-0.2, -0.15) is 0 Å². The van der Waals surface area contributed by atoms with Crippen LogP contribution in [0.15, 0.2) is 22.8 Å². The van der Waals surface area contributed by atoms with Crippen molar-refractivity contribution >= 4 is 17.7 Å². The van der Waals surface area contributed by atoms with Crippen molar-refractivity contribution in [1.82, 2.24) is 0 Å². The first kappa shape index (κ1) is 25.3. The standard InChI is InChI=1S/C23H40O4S/c1-4-7-9-11-16-28-23-19(15-14-18(24)13-10-8-5-2)20(25)17-21(23)27-22(26)12-6-3/h14-15,18-20,24-25H,4-13,16-17H2,1-3H3/b15-14+/t18-,19-,20+/m0/s1. The number of carbonyl (C=O) groups excluding carboxylic acids is 1. The van der Waals surface area contributed by atoms with Gasteiger partial charge in [0.2, 0.25) is 0 Å². The number of aliphatic hydroxyl groups is 2. The Morgan fingerprint density at radius 1 is 1.14 bits per heavy atom. The Morgan fingerprint density at radius 2 is 1.86 bits per heavy atom. The Labute approximate surface area is 175 Å². The van der Waals surface area contributed by atoms with Crippen molar-refractivity contribution in [1.29, 1.82) is 0 Å². The fourth-order valence-electron chi connectivity index (χ4n) is 3.31. The van der Waals surface area contributed by atoms with E-state index >= 15 is 0 Å². The van der Waals surface area contributed by atoms with E-state index in [-0.39, 0.29) is 11.9 Å². The van der Waals surface area contributed by atoms with E-state index in [9.17, 15) is 15.0 Å². The third-order valence-electron chi connectivity index (χ3n) is 4.98. The van der Waals surface area contributed by atoms with E-state index in [0.29, 0.717) is 18.6 Å². The van der Waals surface area contributed by atoms with Crippen LogP contribution in [0.4, 0.5) is 0 Å². The fraction of sp³-hybridized carbons (Fsp3) is 0.783. The largest absolute Gasteiger partial charge is 0.430 e. The van der Waals surface area contributed by atoms with Crippen LogP contribution < -0.4 is 0 Å². The Balaban J connectivity index is 2.78. The molecule has 0 bridgehead atoms. The van der Waals surface area contributed by atoms with Crippen molar-refractivity contribution < 1.29 is 19.7 Å². The van der Waals surface area contributed by atoms with Crippen LogP contribution in [-0.2, 0) is 9.53 Å². The van der Waals surface area contributed by atoms with Crippen molar-refractivity contribution in [3.8, 4) is 0 Å². The van der Waals surface area contributed by atoms with Gasteiger partial charge in [-0.1, -0.05) is 71.4 Å². The molecular weight excluding hydrogens is 372 g/mol. The van der Waals surface area contributed by atoms with Gasteiger partial charge < -0.3 is 14.9 Å². The quantitative estimate of drug-likeness (QED) is 0.204. The molecule has 1 aliphatic carbocycles. The van der Waals surface area contributed by atoms with Crippen LogP contribution in [0.2, 0.25) is 0 Å². The molecule has 0 aromatic heterocycles. The number of carbonyl (C=O) groups is 1. The van der Waals surface area contributed by atoms with Gasteiger partial charge in [0.25, 0.3) is 0 Å². The maximum atomic E-state index is 12.0. The van der Waals surface area contributed by atoms with Crippen LogP contribution >= 0.6 is 11.8 Å². The molecule has 0 fully saturated rings. The fourth-order valence-corrected chi connectivity index (χ4v) is 4.60. The van der Waals surface area contributed by atoms with Gasteiger partial charge >= 0.3 is 5.97 Å². The summed E-state index contributed by atoms with van der Waals surface area (Å²) in [4.78, 5) is 12.9. The predicted molar refractivity (Wildman–Crippen MR) is 118 cm³/mol. The molecule has 28 heavy (non-hydrogen) atoms. The topological polar surface area (TPSA) is 66.8 Å². The highest BCUT2D eigenvalue weighted by atomic mass is 32.2. The lowest BCUT2D eigenvalue weighted by atomic mass is 10.0. The molecule has 0 saturated carbocycles.